The van der Waals surface area contributed by atoms with Crippen LogP contribution in [0.15, 0.2) is 30.3 Å². The zero-order chi connectivity index (χ0) is 24.3. The van der Waals surface area contributed by atoms with Gasteiger partial charge in [0.2, 0.25) is 5.75 Å². The first-order valence-corrected chi connectivity index (χ1v) is 12.2. The fourth-order valence-corrected chi connectivity index (χ4v) is 4.95. The summed E-state index contributed by atoms with van der Waals surface area (Å²) in [6.45, 7) is 4.26. The van der Waals surface area contributed by atoms with Crippen LogP contribution >= 0.6 is 0 Å². The predicted molar refractivity (Wildman–Crippen MR) is 130 cm³/mol. The molecule has 6 nitrogen and oxygen atoms in total. The van der Waals surface area contributed by atoms with Gasteiger partial charge in [0.05, 0.1) is 14.2 Å². The van der Waals surface area contributed by atoms with Crippen LogP contribution in [0.5, 0.6) is 17.2 Å². The number of rotatable bonds is 10. The molecule has 182 valence electrons. The number of fused-ring (bicyclic) bond motifs is 1. The van der Waals surface area contributed by atoms with E-state index in [4.69, 9.17) is 18.9 Å². The molecule has 0 N–H and O–H groups in total. The average Bonchev–Trinajstić information content (AvgIpc) is 3.22. The maximum atomic E-state index is 13.1. The molecule has 4 rings (SSSR count). The molecule has 2 aliphatic carbocycles. The summed E-state index contributed by atoms with van der Waals surface area (Å²) in [6.07, 6.45) is 5.18. The van der Waals surface area contributed by atoms with Gasteiger partial charge >= 0.3 is 5.97 Å². The van der Waals surface area contributed by atoms with Crippen LogP contribution in [0.3, 0.4) is 0 Å². The lowest BCUT2D eigenvalue weighted by molar-refractivity contribution is -0.170. The molecule has 34 heavy (non-hydrogen) atoms. The van der Waals surface area contributed by atoms with Gasteiger partial charge in [-0.3, -0.25) is 9.59 Å². The number of hydrogen-bond acceptors (Lipinski definition) is 6. The molecule has 0 bridgehead atoms. The zero-order valence-electron chi connectivity index (χ0n) is 20.6. The zero-order valence-corrected chi connectivity index (χ0v) is 20.6. The molecule has 0 atom stereocenters. The summed E-state index contributed by atoms with van der Waals surface area (Å²) in [5, 5.41) is 0. The maximum Gasteiger partial charge on any atom is 0.315 e. The molecule has 0 saturated heterocycles. The first-order chi connectivity index (χ1) is 16.5. The fourth-order valence-electron chi connectivity index (χ4n) is 4.95. The summed E-state index contributed by atoms with van der Waals surface area (Å²) in [6, 6.07) is 9.57. The highest BCUT2D eigenvalue weighted by Gasteiger charge is 2.47. The van der Waals surface area contributed by atoms with E-state index in [1.165, 1.54) is 0 Å². The Balaban J connectivity index is 1.70. The van der Waals surface area contributed by atoms with Crippen LogP contribution in [0, 0.1) is 5.41 Å². The van der Waals surface area contributed by atoms with Crippen LogP contribution in [0.25, 0.3) is 11.1 Å². The van der Waals surface area contributed by atoms with E-state index < -0.39 is 5.41 Å². The van der Waals surface area contributed by atoms with Gasteiger partial charge in [-0.05, 0) is 55.4 Å². The standard InChI is InChI=1S/C28H34O6/c1-5-18(6-2)34-27(30)28(15-8-16-28)17-33-25-22(12-14-24(31-3)26(25)32-4)19-9-7-10-21-20(19)11-13-23(21)29/h7,9-10,12,14,18H,5-6,8,11,13,15-17H2,1-4H3. The first kappa shape index (κ1) is 24.1. The fraction of sp³-hybridized carbons (Fsp3) is 0.500. The Bertz CT molecular complexity index is 1060. The van der Waals surface area contributed by atoms with Crippen molar-refractivity contribution in [1.29, 1.82) is 0 Å². The van der Waals surface area contributed by atoms with Crippen molar-refractivity contribution < 1.29 is 28.5 Å². The molecule has 0 amide bonds. The van der Waals surface area contributed by atoms with Crippen LogP contribution in [0.2, 0.25) is 0 Å². The Kier molecular flexibility index (Phi) is 7.15. The van der Waals surface area contributed by atoms with E-state index in [0.29, 0.717) is 30.1 Å². The monoisotopic (exact) mass is 466 g/mol. The molecule has 1 saturated carbocycles. The van der Waals surface area contributed by atoms with Gasteiger partial charge < -0.3 is 18.9 Å². The highest BCUT2D eigenvalue weighted by atomic mass is 16.6. The second-order valence-electron chi connectivity index (χ2n) is 9.20. The van der Waals surface area contributed by atoms with Gasteiger partial charge in [0, 0.05) is 17.5 Å². The largest absolute Gasteiger partial charge is 0.493 e. The van der Waals surface area contributed by atoms with Crippen molar-refractivity contribution in [3.63, 3.8) is 0 Å². The van der Waals surface area contributed by atoms with E-state index in [2.05, 4.69) is 0 Å². The number of hydrogen-bond donors (Lipinski definition) is 0. The molecular formula is C28H34O6. The molecule has 0 unspecified atom stereocenters. The second kappa shape index (κ2) is 10.1. The number of carbonyl (C=O) groups is 2. The third-order valence-electron chi connectivity index (χ3n) is 7.29. The molecular weight excluding hydrogens is 432 g/mol. The van der Waals surface area contributed by atoms with Crippen molar-refractivity contribution in [3.8, 4) is 28.4 Å². The van der Waals surface area contributed by atoms with Crippen LogP contribution in [0.1, 0.15) is 68.3 Å². The molecule has 0 aliphatic heterocycles. The van der Waals surface area contributed by atoms with E-state index in [0.717, 1.165) is 54.4 Å². The van der Waals surface area contributed by atoms with E-state index in [9.17, 15) is 9.59 Å². The van der Waals surface area contributed by atoms with Gasteiger partial charge in [0.25, 0.3) is 0 Å². The minimum atomic E-state index is -0.650. The molecule has 0 heterocycles. The van der Waals surface area contributed by atoms with Crippen molar-refractivity contribution in [2.75, 3.05) is 20.8 Å². The Morgan fingerprint density at radius 3 is 2.29 bits per heavy atom. The van der Waals surface area contributed by atoms with Crippen LogP contribution in [-0.2, 0) is 16.0 Å². The van der Waals surface area contributed by atoms with E-state index >= 15 is 0 Å². The second-order valence-corrected chi connectivity index (χ2v) is 9.20. The van der Waals surface area contributed by atoms with Gasteiger partial charge in [-0.15, -0.1) is 0 Å². The molecule has 6 heteroatoms. The average molecular weight is 467 g/mol. The SMILES string of the molecule is CCC(CC)OC(=O)C1(COc2c(-c3cccc4c3CCC4=O)ccc(OC)c2OC)CCC1. The molecule has 2 aliphatic rings. The highest BCUT2D eigenvalue weighted by molar-refractivity contribution is 6.02. The molecule has 2 aromatic carbocycles. The smallest absolute Gasteiger partial charge is 0.315 e. The summed E-state index contributed by atoms with van der Waals surface area (Å²) in [5.74, 6) is 1.53. The maximum absolute atomic E-state index is 13.1. The van der Waals surface area contributed by atoms with Crippen molar-refractivity contribution in [2.45, 2.75) is 64.9 Å². The number of ketones is 1. The first-order valence-electron chi connectivity index (χ1n) is 12.2. The summed E-state index contributed by atoms with van der Waals surface area (Å²) >= 11 is 0. The lowest BCUT2D eigenvalue weighted by atomic mass is 9.69. The molecule has 0 aromatic heterocycles. The summed E-state index contributed by atoms with van der Waals surface area (Å²) in [7, 11) is 3.16. The summed E-state index contributed by atoms with van der Waals surface area (Å²) < 4.78 is 23.5. The number of carbonyl (C=O) groups excluding carboxylic acids is 2. The molecule has 1 fully saturated rings. The Hall–Kier alpha value is -3.02. The predicted octanol–water partition coefficient (Wildman–Crippen LogP) is 5.78. The minimum Gasteiger partial charge on any atom is -0.493 e. The Morgan fingerprint density at radius 2 is 1.68 bits per heavy atom. The van der Waals surface area contributed by atoms with Gasteiger partial charge in [-0.1, -0.05) is 38.5 Å². The van der Waals surface area contributed by atoms with Gasteiger partial charge in [0.1, 0.15) is 18.1 Å². The van der Waals surface area contributed by atoms with Crippen molar-refractivity contribution in [2.24, 2.45) is 5.41 Å². The number of esters is 1. The Morgan fingerprint density at radius 1 is 0.941 bits per heavy atom. The third kappa shape index (κ3) is 4.26. The third-order valence-corrected chi connectivity index (χ3v) is 7.29. The molecule has 2 aromatic rings. The quantitative estimate of drug-likeness (QED) is 0.413. The topological polar surface area (TPSA) is 71.1 Å². The van der Waals surface area contributed by atoms with Crippen molar-refractivity contribution in [3.05, 3.63) is 41.5 Å². The lowest BCUT2D eigenvalue weighted by Gasteiger charge is -2.39. The highest BCUT2D eigenvalue weighted by Crippen LogP contribution is 2.49. The normalized spacial score (nSPS) is 16.1. The summed E-state index contributed by atoms with van der Waals surface area (Å²) in [4.78, 5) is 25.5. The number of ether oxygens (including phenoxy) is 4. The van der Waals surface area contributed by atoms with Crippen LogP contribution in [-0.4, -0.2) is 38.7 Å². The van der Waals surface area contributed by atoms with Gasteiger partial charge in [0.15, 0.2) is 17.3 Å². The van der Waals surface area contributed by atoms with Crippen molar-refractivity contribution in [1.82, 2.24) is 0 Å². The van der Waals surface area contributed by atoms with Crippen LogP contribution in [0.4, 0.5) is 0 Å². The Labute approximate surface area is 201 Å². The van der Waals surface area contributed by atoms with Gasteiger partial charge in [-0.2, -0.15) is 0 Å². The van der Waals surface area contributed by atoms with E-state index in [1.807, 2.05) is 44.2 Å². The van der Waals surface area contributed by atoms with Crippen LogP contribution < -0.4 is 14.2 Å². The van der Waals surface area contributed by atoms with E-state index in [1.54, 1.807) is 14.2 Å². The summed E-state index contributed by atoms with van der Waals surface area (Å²) in [5.41, 5.74) is 2.91. The van der Waals surface area contributed by atoms with Gasteiger partial charge in [-0.25, -0.2) is 0 Å². The number of Topliss-reactive ketones (excluding diaryl/α,β-unsaturated/α-hetero) is 1. The number of benzene rings is 2. The molecule has 0 spiro atoms. The van der Waals surface area contributed by atoms with E-state index in [-0.39, 0.29) is 24.5 Å². The number of methoxy groups -OCH3 is 2. The minimum absolute atomic E-state index is 0.0728. The molecule has 0 radical (unpaired) electrons. The lowest BCUT2D eigenvalue weighted by Crippen LogP contribution is -2.45. The van der Waals surface area contributed by atoms with Crippen molar-refractivity contribution >= 4 is 11.8 Å².